The summed E-state index contributed by atoms with van der Waals surface area (Å²) < 4.78 is 16.4. The van der Waals surface area contributed by atoms with Crippen molar-refractivity contribution in [3.8, 4) is 0 Å². The van der Waals surface area contributed by atoms with Gasteiger partial charge >= 0.3 is 6.16 Å². The van der Waals surface area contributed by atoms with Gasteiger partial charge in [-0.05, 0) is 12.8 Å². The van der Waals surface area contributed by atoms with Gasteiger partial charge in [0.1, 0.15) is 12.7 Å². The van der Waals surface area contributed by atoms with Crippen LogP contribution in [-0.4, -0.2) is 18.8 Å². The summed E-state index contributed by atoms with van der Waals surface area (Å²) in [6.45, 7) is 1.24. The van der Waals surface area contributed by atoms with Gasteiger partial charge in [-0.2, -0.15) is 0 Å². The van der Waals surface area contributed by atoms with Gasteiger partial charge < -0.3 is 9.47 Å². The molecule has 1 aliphatic rings. The minimum absolute atomic E-state index is 0.345. The highest BCUT2D eigenvalue weighted by Gasteiger charge is 2.23. The van der Waals surface area contributed by atoms with E-state index in [9.17, 15) is 4.79 Å². The Morgan fingerprint density at radius 1 is 1.90 bits per heavy atom. The number of carbonyl (C=O) groups is 1. The molecule has 0 saturated carbocycles. The molecule has 1 aliphatic heterocycles. The van der Waals surface area contributed by atoms with E-state index in [0.717, 1.165) is 19.3 Å². The molecule has 1 rings (SSSR count). The third-order valence-electron chi connectivity index (χ3n) is 1.41. The summed E-state index contributed by atoms with van der Waals surface area (Å²) in [6, 6.07) is 0. The van der Waals surface area contributed by atoms with Crippen molar-refractivity contribution in [3.05, 3.63) is 0 Å². The first-order valence-corrected chi connectivity index (χ1v) is 3.53. The summed E-state index contributed by atoms with van der Waals surface area (Å²) in [7, 11) is 0. The van der Waals surface area contributed by atoms with Crippen molar-refractivity contribution in [2.75, 3.05) is 6.58 Å². The average molecular weight is 145 g/mol. The summed E-state index contributed by atoms with van der Waals surface area (Å²) >= 11 is 0. The molecule has 1 heterocycles. The maximum absolute atomic E-state index is 10.5. The van der Waals surface area contributed by atoms with Crippen LogP contribution in [-0.2, 0) is 9.47 Å². The Balaban J connectivity index is 2.28. The zero-order valence-corrected chi connectivity index (χ0v) is 6.00. The topological polar surface area (TPSA) is 35.5 Å². The molecule has 58 valence electrons. The summed E-state index contributed by atoms with van der Waals surface area (Å²) in [5.41, 5.74) is 0. The van der Waals surface area contributed by atoms with E-state index in [4.69, 9.17) is 6.11 Å². The summed E-state index contributed by atoms with van der Waals surface area (Å²) in [6.07, 6.45) is 1.70. The molecule has 0 spiro atoms. The van der Waals surface area contributed by atoms with E-state index in [1.54, 1.807) is 0 Å². The fourth-order valence-corrected chi connectivity index (χ4v) is 0.843. The molecule has 0 amide bonds. The zero-order valence-electron chi connectivity index (χ0n) is 7.00. The first-order valence-electron chi connectivity index (χ1n) is 4.11. The maximum atomic E-state index is 10.5. The number of ether oxygens (including phenoxy) is 2. The molecule has 10 heavy (non-hydrogen) atoms. The highest BCUT2D eigenvalue weighted by Crippen LogP contribution is 2.12. The molecule has 0 N–H and O–H groups in total. The average Bonchev–Trinajstić information content (AvgIpc) is 2.26. The number of carbonyl (C=O) groups excluding carboxylic acids is 1. The minimum atomic E-state index is -0.811. The fraction of sp³-hybridized carbons (Fsp3) is 0.857. The maximum Gasteiger partial charge on any atom is 0.508 e. The first kappa shape index (κ1) is 6.01. The molecule has 2 atom stereocenters. The molecular weight excluding hydrogens is 132 g/mol. The molecule has 0 unspecified atom stereocenters. The molecule has 0 aromatic rings. The molecule has 1 fully saturated rings. The van der Waals surface area contributed by atoms with E-state index < -0.39 is 12.7 Å². The Labute approximate surface area is 61.7 Å². The van der Waals surface area contributed by atoms with Crippen molar-refractivity contribution in [1.82, 2.24) is 0 Å². The van der Waals surface area contributed by atoms with E-state index in [0.29, 0.717) is 0 Å². The lowest BCUT2D eigenvalue weighted by molar-refractivity contribution is 0.115. The van der Waals surface area contributed by atoms with Crippen molar-refractivity contribution in [2.24, 2.45) is 0 Å². The largest absolute Gasteiger partial charge is 0.508 e. The van der Waals surface area contributed by atoms with Crippen LogP contribution >= 0.6 is 0 Å². The van der Waals surface area contributed by atoms with Crippen LogP contribution in [0.4, 0.5) is 4.79 Å². The zero-order chi connectivity index (χ0) is 8.27. The van der Waals surface area contributed by atoms with E-state index in [1.807, 2.05) is 0 Å². The summed E-state index contributed by atoms with van der Waals surface area (Å²) in [5, 5.41) is 0. The number of cyclic esters (lactones) is 2. The monoisotopic (exact) mass is 145 g/mol. The fourth-order valence-electron chi connectivity index (χ4n) is 0.843. The Hall–Kier alpha value is -0.730. The van der Waals surface area contributed by atoms with Crippen molar-refractivity contribution < 1.29 is 15.6 Å². The van der Waals surface area contributed by atoms with Gasteiger partial charge in [0.05, 0.1) is 1.37 Å². The van der Waals surface area contributed by atoms with Crippen LogP contribution in [0, 0.1) is 0 Å². The molecule has 0 aromatic carbocycles. The highest BCUT2D eigenvalue weighted by molar-refractivity contribution is 5.61. The van der Waals surface area contributed by atoms with E-state index in [1.165, 1.54) is 0 Å². The van der Waals surface area contributed by atoms with E-state index >= 15 is 0 Å². The molecule has 0 aliphatic carbocycles. The Kier molecular flexibility index (Phi) is 2.07. The predicted octanol–water partition coefficient (Wildman–Crippen LogP) is 1.71. The van der Waals surface area contributed by atoms with Gasteiger partial charge in [-0.1, -0.05) is 13.3 Å². The number of rotatable bonds is 3. The highest BCUT2D eigenvalue weighted by atomic mass is 16.8. The molecule has 3 nitrogen and oxygen atoms in total. The van der Waals surface area contributed by atoms with Gasteiger partial charge in [0.15, 0.2) is 0 Å². The molecule has 1 saturated heterocycles. The Morgan fingerprint density at radius 2 is 2.70 bits per heavy atom. The summed E-state index contributed by atoms with van der Waals surface area (Å²) in [5.74, 6) is 0. The van der Waals surface area contributed by atoms with E-state index in [-0.39, 0.29) is 6.10 Å². The van der Waals surface area contributed by atoms with Crippen LogP contribution in [0.2, 0.25) is 0 Å². The molecule has 3 heteroatoms. The Bertz CT molecular complexity index is 149. The smallest absolute Gasteiger partial charge is 0.430 e. The third-order valence-corrected chi connectivity index (χ3v) is 1.41. The molecule has 0 bridgehead atoms. The van der Waals surface area contributed by atoms with Crippen LogP contribution in [0.3, 0.4) is 0 Å². The van der Waals surface area contributed by atoms with Crippen LogP contribution in [0.15, 0.2) is 0 Å². The van der Waals surface area contributed by atoms with Crippen molar-refractivity contribution in [1.29, 1.82) is 0 Å². The van der Waals surface area contributed by atoms with Crippen molar-refractivity contribution in [2.45, 2.75) is 32.3 Å². The second kappa shape index (κ2) is 3.44. The number of unbranched alkanes of at least 4 members (excludes halogenated alkanes) is 1. The van der Waals surface area contributed by atoms with Crippen LogP contribution < -0.4 is 0 Å². The molecule has 0 aromatic heterocycles. The van der Waals surface area contributed by atoms with Gasteiger partial charge in [-0.25, -0.2) is 4.79 Å². The van der Waals surface area contributed by atoms with Crippen LogP contribution in [0.5, 0.6) is 0 Å². The van der Waals surface area contributed by atoms with Crippen LogP contribution in [0.25, 0.3) is 0 Å². The number of hydrogen-bond donors (Lipinski definition) is 0. The van der Waals surface area contributed by atoms with Gasteiger partial charge in [0, 0.05) is 0 Å². The normalized spacial score (nSPS) is 32.9. The summed E-state index contributed by atoms with van der Waals surface area (Å²) in [4.78, 5) is 10.5. The van der Waals surface area contributed by atoms with E-state index in [2.05, 4.69) is 11.7 Å². The molecule has 0 radical (unpaired) electrons. The third kappa shape index (κ3) is 1.90. The lowest BCUT2D eigenvalue weighted by Crippen LogP contribution is -2.08. The first-order chi connectivity index (χ1) is 5.24. The van der Waals surface area contributed by atoms with Crippen LogP contribution in [0.1, 0.15) is 27.6 Å². The Morgan fingerprint density at radius 3 is 3.20 bits per heavy atom. The van der Waals surface area contributed by atoms with Gasteiger partial charge in [-0.15, -0.1) is 0 Å². The minimum Gasteiger partial charge on any atom is -0.430 e. The van der Waals surface area contributed by atoms with Gasteiger partial charge in [-0.3, -0.25) is 0 Å². The molecular formula is C7H12O3. The predicted molar refractivity (Wildman–Crippen MR) is 35.7 cm³/mol. The van der Waals surface area contributed by atoms with Gasteiger partial charge in [0.2, 0.25) is 0 Å². The van der Waals surface area contributed by atoms with Gasteiger partial charge in [0.25, 0.3) is 0 Å². The SMILES string of the molecule is [2H][C@H]1OC(=O)O[C@H]1CCCC. The van der Waals surface area contributed by atoms with Crippen molar-refractivity contribution >= 4 is 6.16 Å². The lowest BCUT2D eigenvalue weighted by Gasteiger charge is -2.02. The second-order valence-corrected chi connectivity index (χ2v) is 2.30. The second-order valence-electron chi connectivity index (χ2n) is 2.30. The van der Waals surface area contributed by atoms with Crippen molar-refractivity contribution in [3.63, 3.8) is 0 Å². The lowest BCUT2D eigenvalue weighted by atomic mass is 10.2. The standard InChI is InChI=1S/C7H12O3/c1-2-3-4-6-5-9-7(8)10-6/h6H,2-5H2,1H3/t6-/m0/s1/i5D/t5-,6+/m1. The quantitative estimate of drug-likeness (QED) is 0.567. The number of hydrogen-bond acceptors (Lipinski definition) is 3.